The molecule has 0 saturated heterocycles. The summed E-state index contributed by atoms with van der Waals surface area (Å²) in [4.78, 5) is 8.69. The highest BCUT2D eigenvalue weighted by molar-refractivity contribution is 6.21. The second-order valence-electron chi connectivity index (χ2n) is 13.5. The number of aliphatic imine (C=N–C) groups is 1. The van der Waals surface area contributed by atoms with Gasteiger partial charge < -0.3 is 10.6 Å². The summed E-state index contributed by atoms with van der Waals surface area (Å²) in [5.74, 6) is 0. The molecule has 0 radical (unpaired) electrons. The maximum atomic E-state index is 5.00. The summed E-state index contributed by atoms with van der Waals surface area (Å²) in [5.41, 5.74) is 5.16. The summed E-state index contributed by atoms with van der Waals surface area (Å²) in [5, 5.41) is 7.34. The van der Waals surface area contributed by atoms with Gasteiger partial charge in [-0.05, 0) is 22.3 Å². The fourth-order valence-electron chi connectivity index (χ4n) is 2.56. The van der Waals surface area contributed by atoms with Crippen molar-refractivity contribution in [3.63, 3.8) is 0 Å². The minimum absolute atomic E-state index is 0.156. The van der Waals surface area contributed by atoms with Crippen molar-refractivity contribution in [3.8, 4) is 0 Å². The molecule has 0 aliphatic heterocycles. The van der Waals surface area contributed by atoms with E-state index in [0.29, 0.717) is 0 Å². The van der Waals surface area contributed by atoms with Gasteiger partial charge in [-0.25, -0.2) is 4.99 Å². The standard InChI is InChI=1S/C26H48N4/c1-23(2,3)15-27-19-13-21(29-17-25(7,8)9)22(30-18-26(10,11)12)14-20(19)28-16-24(4,5)6/h13-14,27,30H,15-18H2,1-12H3/p+1. The lowest BCUT2D eigenvalue weighted by Gasteiger charge is -2.26. The Morgan fingerprint density at radius 1 is 0.667 bits per heavy atom. The Morgan fingerprint density at radius 2 is 1.17 bits per heavy atom. The molecule has 0 saturated carbocycles. The van der Waals surface area contributed by atoms with E-state index in [2.05, 4.69) is 111 Å². The van der Waals surface area contributed by atoms with Gasteiger partial charge in [0.15, 0.2) is 0 Å². The normalized spacial score (nSPS) is 19.1. The van der Waals surface area contributed by atoms with E-state index < -0.39 is 0 Å². The minimum atomic E-state index is 0.156. The molecule has 0 aromatic carbocycles. The Bertz CT molecular complexity index is 631. The molecule has 0 heterocycles. The SMILES string of the molecule is CC(C)(C)CN=C1C=C(NCC(C)(C)C)C(=[NH+]CC(C)(C)C)C=C1NCC(C)(C)C. The maximum Gasteiger partial charge on any atom is 0.223 e. The first-order valence-corrected chi connectivity index (χ1v) is 11.4. The number of rotatable bonds is 6. The molecule has 1 aliphatic rings. The largest absolute Gasteiger partial charge is 0.383 e. The zero-order valence-corrected chi connectivity index (χ0v) is 21.9. The molecular weight excluding hydrogens is 368 g/mol. The van der Waals surface area contributed by atoms with E-state index >= 15 is 0 Å². The fourth-order valence-corrected chi connectivity index (χ4v) is 2.56. The Kier molecular flexibility index (Phi) is 8.55. The van der Waals surface area contributed by atoms with Crippen molar-refractivity contribution >= 4 is 11.4 Å². The van der Waals surface area contributed by atoms with Crippen LogP contribution in [0.3, 0.4) is 0 Å². The Morgan fingerprint density at radius 3 is 1.60 bits per heavy atom. The second-order valence-corrected chi connectivity index (χ2v) is 13.5. The van der Waals surface area contributed by atoms with E-state index in [1.807, 2.05) is 0 Å². The lowest BCUT2D eigenvalue weighted by molar-refractivity contribution is -0.472. The van der Waals surface area contributed by atoms with Crippen molar-refractivity contribution < 1.29 is 4.99 Å². The fraction of sp³-hybridized carbons (Fsp3) is 0.769. The molecular formula is C26H49N4+. The number of hydrogen-bond acceptors (Lipinski definition) is 3. The average molecular weight is 418 g/mol. The highest BCUT2D eigenvalue weighted by atomic mass is 15.0. The maximum absolute atomic E-state index is 5.00. The van der Waals surface area contributed by atoms with Gasteiger partial charge in [0.25, 0.3) is 0 Å². The summed E-state index contributed by atoms with van der Waals surface area (Å²) in [6.07, 6.45) is 4.46. The molecule has 4 nitrogen and oxygen atoms in total. The summed E-state index contributed by atoms with van der Waals surface area (Å²) in [6.45, 7) is 30.5. The predicted octanol–water partition coefficient (Wildman–Crippen LogP) is 4.09. The minimum Gasteiger partial charge on any atom is -0.383 e. The molecule has 4 heteroatoms. The molecule has 0 atom stereocenters. The number of nitrogens with one attached hydrogen (secondary N) is 3. The van der Waals surface area contributed by atoms with Crippen LogP contribution in [-0.4, -0.2) is 37.6 Å². The molecule has 0 spiro atoms. The third kappa shape index (κ3) is 11.6. The number of hydrogen-bond donors (Lipinski definition) is 3. The third-order valence-electron chi connectivity index (χ3n) is 4.29. The first-order chi connectivity index (χ1) is 13.3. The molecule has 0 aromatic heterocycles. The monoisotopic (exact) mass is 417 g/mol. The van der Waals surface area contributed by atoms with Crippen LogP contribution in [0.2, 0.25) is 0 Å². The van der Waals surface area contributed by atoms with E-state index in [0.717, 1.165) is 49.0 Å². The van der Waals surface area contributed by atoms with Crippen molar-refractivity contribution in [2.45, 2.75) is 83.1 Å². The molecule has 0 fully saturated rings. The van der Waals surface area contributed by atoms with Gasteiger partial charge in [0, 0.05) is 31.1 Å². The van der Waals surface area contributed by atoms with Crippen LogP contribution in [0, 0.1) is 21.7 Å². The third-order valence-corrected chi connectivity index (χ3v) is 4.29. The van der Waals surface area contributed by atoms with Gasteiger partial charge in [0.05, 0.1) is 11.4 Å². The lowest BCUT2D eigenvalue weighted by atomic mass is 9.94. The summed E-state index contributed by atoms with van der Waals surface area (Å²) < 4.78 is 0. The molecule has 0 bridgehead atoms. The van der Waals surface area contributed by atoms with Crippen LogP contribution < -0.4 is 15.6 Å². The molecule has 30 heavy (non-hydrogen) atoms. The molecule has 1 rings (SSSR count). The lowest BCUT2D eigenvalue weighted by Crippen LogP contribution is -2.76. The molecule has 0 aromatic rings. The summed E-state index contributed by atoms with van der Waals surface area (Å²) in [7, 11) is 0. The summed E-state index contributed by atoms with van der Waals surface area (Å²) in [6, 6.07) is 0. The van der Waals surface area contributed by atoms with Crippen molar-refractivity contribution in [2.24, 2.45) is 26.7 Å². The second kappa shape index (κ2) is 9.70. The molecule has 3 N–H and O–H groups in total. The van der Waals surface area contributed by atoms with E-state index in [4.69, 9.17) is 4.99 Å². The van der Waals surface area contributed by atoms with Crippen LogP contribution in [0.4, 0.5) is 0 Å². The molecule has 172 valence electrons. The van der Waals surface area contributed by atoms with Crippen molar-refractivity contribution in [2.75, 3.05) is 26.2 Å². The summed E-state index contributed by atoms with van der Waals surface area (Å²) >= 11 is 0. The van der Waals surface area contributed by atoms with E-state index in [-0.39, 0.29) is 21.7 Å². The van der Waals surface area contributed by atoms with Crippen molar-refractivity contribution in [1.82, 2.24) is 10.6 Å². The predicted molar refractivity (Wildman–Crippen MR) is 133 cm³/mol. The van der Waals surface area contributed by atoms with Crippen LogP contribution >= 0.6 is 0 Å². The van der Waals surface area contributed by atoms with Gasteiger partial charge in [-0.1, -0.05) is 83.1 Å². The Labute approximate surface area is 186 Å². The van der Waals surface area contributed by atoms with Crippen LogP contribution in [0.15, 0.2) is 28.5 Å². The number of nitrogens with zero attached hydrogens (tertiary/aromatic N) is 1. The quantitative estimate of drug-likeness (QED) is 0.570. The van der Waals surface area contributed by atoms with Gasteiger partial charge >= 0.3 is 0 Å². The van der Waals surface area contributed by atoms with E-state index in [9.17, 15) is 0 Å². The first-order valence-electron chi connectivity index (χ1n) is 11.4. The van der Waals surface area contributed by atoms with E-state index in [1.165, 1.54) is 0 Å². The van der Waals surface area contributed by atoms with Crippen LogP contribution in [0.25, 0.3) is 0 Å². The Hall–Kier alpha value is -1.58. The topological polar surface area (TPSA) is 50.4 Å². The highest BCUT2D eigenvalue weighted by Gasteiger charge is 2.25. The van der Waals surface area contributed by atoms with Crippen LogP contribution in [0.5, 0.6) is 0 Å². The smallest absolute Gasteiger partial charge is 0.223 e. The molecule has 0 amide bonds. The molecule has 1 aliphatic carbocycles. The zero-order valence-electron chi connectivity index (χ0n) is 21.9. The molecule has 0 unspecified atom stereocenters. The van der Waals surface area contributed by atoms with Gasteiger partial charge in [-0.2, -0.15) is 0 Å². The highest BCUT2D eigenvalue weighted by Crippen LogP contribution is 2.19. The van der Waals surface area contributed by atoms with Crippen LogP contribution in [0.1, 0.15) is 83.1 Å². The zero-order chi connectivity index (χ0) is 23.4. The van der Waals surface area contributed by atoms with Gasteiger partial charge in [-0.3, -0.25) is 4.99 Å². The van der Waals surface area contributed by atoms with Gasteiger partial charge in [-0.15, -0.1) is 0 Å². The Balaban J connectivity index is 3.34. The van der Waals surface area contributed by atoms with E-state index in [1.54, 1.807) is 0 Å². The first kappa shape index (κ1) is 26.5. The van der Waals surface area contributed by atoms with Crippen LogP contribution in [-0.2, 0) is 0 Å². The van der Waals surface area contributed by atoms with Crippen molar-refractivity contribution in [3.05, 3.63) is 23.5 Å². The van der Waals surface area contributed by atoms with Crippen molar-refractivity contribution in [1.29, 1.82) is 0 Å². The van der Waals surface area contributed by atoms with Gasteiger partial charge in [0.1, 0.15) is 12.2 Å². The average Bonchev–Trinajstić information content (AvgIpc) is 2.52. The van der Waals surface area contributed by atoms with Gasteiger partial charge in [0.2, 0.25) is 5.71 Å². The number of allylic oxidation sites excluding steroid dienone is 2.